The van der Waals surface area contributed by atoms with Gasteiger partial charge in [0.1, 0.15) is 0 Å². The molecule has 2 fully saturated rings. The van der Waals surface area contributed by atoms with E-state index >= 15 is 0 Å². The Morgan fingerprint density at radius 3 is 2.50 bits per heavy atom. The zero-order chi connectivity index (χ0) is 5.56. The molecule has 46 valence electrons. The highest BCUT2D eigenvalue weighted by atomic mass is 14.7. The minimum Gasteiger partial charge on any atom is -0.328 e. The van der Waals surface area contributed by atoms with Gasteiger partial charge in [-0.1, -0.05) is 0 Å². The summed E-state index contributed by atoms with van der Waals surface area (Å²) < 4.78 is 0. The van der Waals surface area contributed by atoms with Crippen LogP contribution in [0.3, 0.4) is 0 Å². The molecule has 2 saturated carbocycles. The third kappa shape index (κ3) is 0.655. The number of nitrogens with two attached hydrogens (primary N) is 1. The molecule has 0 aliphatic heterocycles. The molecular weight excluding hydrogens is 98.1 g/mol. The number of hydrogen-bond donors (Lipinski definition) is 1. The van der Waals surface area contributed by atoms with Crippen molar-refractivity contribution < 1.29 is 0 Å². The number of hydrogen-bond acceptors (Lipinski definition) is 1. The summed E-state index contributed by atoms with van der Waals surface area (Å²) in [5.41, 5.74) is 5.75. The monoisotopic (exact) mass is 111 g/mol. The lowest BCUT2D eigenvalue weighted by Gasteiger charge is -2.15. The van der Waals surface area contributed by atoms with Crippen LogP contribution in [0.2, 0.25) is 0 Å². The van der Waals surface area contributed by atoms with E-state index in [1.807, 2.05) is 0 Å². The molecule has 0 radical (unpaired) electrons. The summed E-state index contributed by atoms with van der Waals surface area (Å²) in [7, 11) is 0. The van der Waals surface area contributed by atoms with Crippen molar-refractivity contribution in [1.82, 2.24) is 0 Å². The first-order valence-electron chi connectivity index (χ1n) is 3.62. The quantitative estimate of drug-likeness (QED) is 0.498. The van der Waals surface area contributed by atoms with E-state index in [0.29, 0.717) is 6.04 Å². The maximum absolute atomic E-state index is 5.75. The van der Waals surface area contributed by atoms with E-state index in [-0.39, 0.29) is 0 Å². The highest BCUT2D eigenvalue weighted by Crippen LogP contribution is 2.48. The van der Waals surface area contributed by atoms with Gasteiger partial charge in [0.2, 0.25) is 0 Å². The molecule has 0 bridgehead atoms. The predicted molar refractivity (Wildman–Crippen MR) is 33.4 cm³/mol. The van der Waals surface area contributed by atoms with E-state index in [0.717, 1.165) is 11.8 Å². The van der Waals surface area contributed by atoms with Crippen molar-refractivity contribution in [2.45, 2.75) is 31.7 Å². The van der Waals surface area contributed by atoms with E-state index in [9.17, 15) is 0 Å². The summed E-state index contributed by atoms with van der Waals surface area (Å²) >= 11 is 0. The minimum atomic E-state index is 0.554. The highest BCUT2D eigenvalue weighted by Gasteiger charge is 2.40. The van der Waals surface area contributed by atoms with Crippen LogP contribution in [0, 0.1) is 11.8 Å². The van der Waals surface area contributed by atoms with Crippen LogP contribution in [0.5, 0.6) is 0 Å². The second-order valence-electron chi connectivity index (χ2n) is 3.33. The fraction of sp³-hybridized carbons (Fsp3) is 1.00. The fourth-order valence-electron chi connectivity index (χ4n) is 1.89. The van der Waals surface area contributed by atoms with Gasteiger partial charge >= 0.3 is 0 Å². The van der Waals surface area contributed by atoms with Crippen LogP contribution in [-0.2, 0) is 0 Å². The average molecular weight is 111 g/mol. The molecule has 0 aromatic heterocycles. The molecular formula is C7H13N. The molecule has 1 nitrogen and oxygen atoms in total. The molecule has 2 N–H and O–H groups in total. The van der Waals surface area contributed by atoms with Crippen LogP contribution in [0.25, 0.3) is 0 Å². The van der Waals surface area contributed by atoms with Gasteiger partial charge in [-0.05, 0) is 37.5 Å². The van der Waals surface area contributed by atoms with Gasteiger partial charge in [0.15, 0.2) is 0 Å². The van der Waals surface area contributed by atoms with Gasteiger partial charge in [-0.15, -0.1) is 0 Å². The standard InChI is InChI=1S/C7H13N/c8-7-2-1-5-3-6(5)4-7/h5-7H,1-4,8H2. The summed E-state index contributed by atoms with van der Waals surface area (Å²) in [6.45, 7) is 0. The number of rotatable bonds is 0. The summed E-state index contributed by atoms with van der Waals surface area (Å²) in [6.07, 6.45) is 5.53. The fourth-order valence-corrected chi connectivity index (χ4v) is 1.89. The third-order valence-electron chi connectivity index (χ3n) is 2.58. The number of fused-ring (bicyclic) bond motifs is 1. The first kappa shape index (κ1) is 4.80. The highest BCUT2D eigenvalue weighted by molar-refractivity contribution is 4.93. The Morgan fingerprint density at radius 1 is 1.00 bits per heavy atom. The maximum atomic E-state index is 5.75. The van der Waals surface area contributed by atoms with Crippen molar-refractivity contribution in [3.8, 4) is 0 Å². The van der Waals surface area contributed by atoms with Gasteiger partial charge in [-0.3, -0.25) is 0 Å². The van der Waals surface area contributed by atoms with Crippen LogP contribution in [0.15, 0.2) is 0 Å². The molecule has 0 heterocycles. The Kier molecular flexibility index (Phi) is 0.884. The molecule has 0 aromatic carbocycles. The van der Waals surface area contributed by atoms with Crippen molar-refractivity contribution in [2.24, 2.45) is 17.6 Å². The van der Waals surface area contributed by atoms with E-state index < -0.39 is 0 Å². The second-order valence-corrected chi connectivity index (χ2v) is 3.33. The third-order valence-corrected chi connectivity index (χ3v) is 2.58. The smallest absolute Gasteiger partial charge is 0.00416 e. The average Bonchev–Trinajstić information content (AvgIpc) is 2.43. The van der Waals surface area contributed by atoms with Crippen LogP contribution in [0.1, 0.15) is 25.7 Å². The SMILES string of the molecule is NC1CCC2CC2C1. The Bertz CT molecular complexity index is 101. The van der Waals surface area contributed by atoms with E-state index in [2.05, 4.69) is 0 Å². The maximum Gasteiger partial charge on any atom is 0.00416 e. The van der Waals surface area contributed by atoms with E-state index in [1.165, 1.54) is 25.7 Å². The van der Waals surface area contributed by atoms with Crippen LogP contribution >= 0.6 is 0 Å². The molecule has 3 unspecified atom stereocenters. The molecule has 3 atom stereocenters. The molecule has 2 rings (SSSR count). The zero-order valence-corrected chi connectivity index (χ0v) is 5.14. The molecule has 0 saturated heterocycles. The first-order valence-corrected chi connectivity index (χ1v) is 3.62. The molecule has 2 aliphatic rings. The molecule has 8 heavy (non-hydrogen) atoms. The Balaban J connectivity index is 1.93. The molecule has 0 amide bonds. The van der Waals surface area contributed by atoms with Gasteiger partial charge in [0.05, 0.1) is 0 Å². The van der Waals surface area contributed by atoms with Crippen molar-refractivity contribution in [1.29, 1.82) is 0 Å². The lowest BCUT2D eigenvalue weighted by Crippen LogP contribution is -2.23. The second kappa shape index (κ2) is 1.47. The van der Waals surface area contributed by atoms with Crippen molar-refractivity contribution in [2.75, 3.05) is 0 Å². The van der Waals surface area contributed by atoms with Crippen LogP contribution in [0.4, 0.5) is 0 Å². The lowest BCUT2D eigenvalue weighted by atomic mass is 9.97. The van der Waals surface area contributed by atoms with Crippen LogP contribution in [-0.4, -0.2) is 6.04 Å². The van der Waals surface area contributed by atoms with Gasteiger partial charge in [-0.25, -0.2) is 0 Å². The van der Waals surface area contributed by atoms with Gasteiger partial charge in [0, 0.05) is 6.04 Å². The van der Waals surface area contributed by atoms with Gasteiger partial charge in [0.25, 0.3) is 0 Å². The van der Waals surface area contributed by atoms with Crippen LogP contribution < -0.4 is 5.73 Å². The van der Waals surface area contributed by atoms with E-state index in [1.54, 1.807) is 0 Å². The zero-order valence-electron chi connectivity index (χ0n) is 5.14. The topological polar surface area (TPSA) is 26.0 Å². The largest absolute Gasteiger partial charge is 0.328 e. The first-order chi connectivity index (χ1) is 3.86. The molecule has 0 spiro atoms. The Morgan fingerprint density at radius 2 is 1.88 bits per heavy atom. The van der Waals surface area contributed by atoms with Gasteiger partial charge < -0.3 is 5.73 Å². The normalized spacial score (nSPS) is 52.9. The predicted octanol–water partition coefficient (Wildman–Crippen LogP) is 1.13. The van der Waals surface area contributed by atoms with Crippen molar-refractivity contribution in [3.05, 3.63) is 0 Å². The summed E-state index contributed by atoms with van der Waals surface area (Å²) in [5.74, 6) is 2.16. The van der Waals surface area contributed by atoms with Crippen molar-refractivity contribution >= 4 is 0 Å². The van der Waals surface area contributed by atoms with Crippen molar-refractivity contribution in [3.63, 3.8) is 0 Å². The molecule has 2 aliphatic carbocycles. The Hall–Kier alpha value is -0.0400. The van der Waals surface area contributed by atoms with Gasteiger partial charge in [-0.2, -0.15) is 0 Å². The molecule has 1 heteroatoms. The summed E-state index contributed by atoms with van der Waals surface area (Å²) in [4.78, 5) is 0. The summed E-state index contributed by atoms with van der Waals surface area (Å²) in [6, 6.07) is 0.554. The molecule has 0 aromatic rings. The lowest BCUT2D eigenvalue weighted by molar-refractivity contribution is 0.422. The Labute approximate surface area is 50.3 Å². The van der Waals surface area contributed by atoms with E-state index in [4.69, 9.17) is 5.73 Å². The minimum absolute atomic E-state index is 0.554. The summed E-state index contributed by atoms with van der Waals surface area (Å²) in [5, 5.41) is 0.